The smallest absolute Gasteiger partial charge is 0.252 e. The maximum Gasteiger partial charge on any atom is 0.252 e. The molecule has 0 spiro atoms. The van der Waals surface area contributed by atoms with Gasteiger partial charge in [0, 0.05) is 49.8 Å². The van der Waals surface area contributed by atoms with Crippen molar-refractivity contribution in [2.45, 2.75) is 39.8 Å². The Labute approximate surface area is 229 Å². The summed E-state index contributed by atoms with van der Waals surface area (Å²) in [5, 5.41) is 4.23. The summed E-state index contributed by atoms with van der Waals surface area (Å²) in [6, 6.07) is 12.5. The molecular weight excluding hydrogens is 498 g/mol. The molecule has 0 bridgehead atoms. The van der Waals surface area contributed by atoms with E-state index in [-0.39, 0.29) is 24.3 Å². The average Bonchev–Trinajstić information content (AvgIpc) is 3.19. The van der Waals surface area contributed by atoms with Crippen LogP contribution in [0.2, 0.25) is 5.02 Å². The van der Waals surface area contributed by atoms with E-state index < -0.39 is 0 Å². The zero-order valence-corrected chi connectivity index (χ0v) is 23.8. The first kappa shape index (κ1) is 27.8. The minimum Gasteiger partial charge on any atom is -0.380 e. The number of nitrogens with zero attached hydrogens (tertiary/aromatic N) is 2. The lowest BCUT2D eigenvalue weighted by molar-refractivity contribution is -0.115. The molecule has 6 nitrogen and oxygen atoms in total. The molecule has 7 heteroatoms. The molecule has 1 aromatic heterocycles. The third-order valence-electron chi connectivity index (χ3n) is 6.78. The number of nitrogens with one attached hydrogen (secondary N) is 1. The summed E-state index contributed by atoms with van der Waals surface area (Å²) in [4.78, 5) is 28.6. The van der Waals surface area contributed by atoms with E-state index in [1.807, 2.05) is 39.4 Å². The van der Waals surface area contributed by atoms with Crippen molar-refractivity contribution >= 4 is 34.2 Å². The molecule has 0 fully saturated rings. The molecule has 200 valence electrons. The minimum atomic E-state index is -0.271. The quantitative estimate of drug-likeness (QED) is 0.356. The highest BCUT2D eigenvalue weighted by molar-refractivity contribution is 6.37. The number of hydrogen-bond acceptors (Lipinski definition) is 4. The van der Waals surface area contributed by atoms with E-state index in [0.29, 0.717) is 34.6 Å². The van der Waals surface area contributed by atoms with Crippen molar-refractivity contribution in [1.29, 1.82) is 0 Å². The number of methoxy groups -OCH3 is 1. The maximum atomic E-state index is 13.7. The van der Waals surface area contributed by atoms with Gasteiger partial charge in [-0.15, -0.1) is 0 Å². The number of aromatic nitrogens is 1. The van der Waals surface area contributed by atoms with Crippen LogP contribution in [0.25, 0.3) is 22.0 Å². The number of ketones is 1. The van der Waals surface area contributed by atoms with E-state index in [1.165, 1.54) is 5.56 Å². The molecule has 0 atom stereocenters. The first-order valence-electron chi connectivity index (χ1n) is 12.9. The third kappa shape index (κ3) is 5.93. The van der Waals surface area contributed by atoms with E-state index in [2.05, 4.69) is 59.0 Å². The Kier molecular flexibility index (Phi) is 8.56. The SMILES string of the molecule is COCC1=C(CNC(=O)c2cc(-c3ccc(CN(C)C)cc3)cc3c2c(Cl)cn3C(C)C)C(=O)CC(C)=C1. The van der Waals surface area contributed by atoms with Crippen molar-refractivity contribution in [3.8, 4) is 11.1 Å². The number of halogens is 1. The summed E-state index contributed by atoms with van der Waals surface area (Å²) in [5.74, 6) is -0.258. The molecule has 1 aliphatic carbocycles. The van der Waals surface area contributed by atoms with Crippen LogP contribution >= 0.6 is 11.6 Å². The lowest BCUT2D eigenvalue weighted by atomic mass is 9.92. The van der Waals surface area contributed by atoms with Crippen LogP contribution < -0.4 is 5.32 Å². The van der Waals surface area contributed by atoms with Gasteiger partial charge in [0.05, 0.1) is 22.7 Å². The first-order chi connectivity index (χ1) is 18.1. The predicted octanol–water partition coefficient (Wildman–Crippen LogP) is 6.20. The lowest BCUT2D eigenvalue weighted by Crippen LogP contribution is -2.30. The monoisotopic (exact) mass is 533 g/mol. The number of carbonyl (C=O) groups excluding carboxylic acids is 2. The van der Waals surface area contributed by atoms with Gasteiger partial charge in [-0.1, -0.05) is 47.5 Å². The zero-order valence-electron chi connectivity index (χ0n) is 23.0. The number of hydrogen-bond donors (Lipinski definition) is 1. The normalized spacial score (nSPS) is 14.1. The van der Waals surface area contributed by atoms with E-state index in [0.717, 1.165) is 34.3 Å². The van der Waals surface area contributed by atoms with Crippen LogP contribution in [0.1, 0.15) is 49.2 Å². The number of allylic oxidation sites excluding steroid dienone is 1. The van der Waals surface area contributed by atoms with Crippen LogP contribution in [0.5, 0.6) is 0 Å². The van der Waals surface area contributed by atoms with Crippen molar-refractivity contribution in [3.05, 3.63) is 81.5 Å². The topological polar surface area (TPSA) is 63.6 Å². The van der Waals surface area contributed by atoms with Crippen molar-refractivity contribution in [3.63, 3.8) is 0 Å². The molecule has 1 heterocycles. The number of amides is 1. The fourth-order valence-electron chi connectivity index (χ4n) is 5.01. The van der Waals surface area contributed by atoms with Gasteiger partial charge in [-0.3, -0.25) is 9.59 Å². The zero-order chi connectivity index (χ0) is 27.6. The highest BCUT2D eigenvalue weighted by Gasteiger charge is 2.23. The number of ether oxygens (including phenoxy) is 1. The van der Waals surface area contributed by atoms with Gasteiger partial charge in [0.15, 0.2) is 5.78 Å². The second-order valence-electron chi connectivity index (χ2n) is 10.5. The number of Topliss-reactive ketones (excluding diaryl/α,β-unsaturated/α-hetero) is 1. The second kappa shape index (κ2) is 11.7. The molecular formula is C31H36ClN3O3. The Morgan fingerprint density at radius 2 is 1.87 bits per heavy atom. The Morgan fingerprint density at radius 3 is 2.50 bits per heavy atom. The fraction of sp³-hybridized carbons (Fsp3) is 0.355. The number of carbonyl (C=O) groups is 2. The van der Waals surface area contributed by atoms with Gasteiger partial charge in [0.2, 0.25) is 0 Å². The van der Waals surface area contributed by atoms with Crippen LogP contribution in [0, 0.1) is 0 Å². The molecule has 0 saturated carbocycles. The van der Waals surface area contributed by atoms with E-state index in [9.17, 15) is 9.59 Å². The second-order valence-corrected chi connectivity index (χ2v) is 10.9. The number of fused-ring (bicyclic) bond motifs is 1. The summed E-state index contributed by atoms with van der Waals surface area (Å²) in [7, 11) is 5.69. The van der Waals surface area contributed by atoms with E-state index in [1.54, 1.807) is 7.11 Å². The summed E-state index contributed by atoms with van der Waals surface area (Å²) < 4.78 is 7.40. The van der Waals surface area contributed by atoms with E-state index in [4.69, 9.17) is 16.3 Å². The van der Waals surface area contributed by atoms with Gasteiger partial charge >= 0.3 is 0 Å². The molecule has 1 amide bonds. The highest BCUT2D eigenvalue weighted by atomic mass is 35.5. The Bertz CT molecular complexity index is 1430. The fourth-order valence-corrected chi connectivity index (χ4v) is 5.32. The molecule has 0 unspecified atom stereocenters. The standard InChI is InChI=1S/C31H36ClN3O3/c1-19(2)35-17-27(32)30-25(31(37)33-15-26-24(18-38-6)11-20(3)12-29(26)36)13-23(14-28(30)35)22-9-7-21(8-10-22)16-34(4)5/h7-11,13-14,17,19H,12,15-16,18H2,1-6H3,(H,33,37). The lowest BCUT2D eigenvalue weighted by Gasteiger charge is -2.18. The molecule has 2 aromatic carbocycles. The van der Waals surface area contributed by atoms with Crippen LogP contribution in [0.4, 0.5) is 0 Å². The number of rotatable bonds is 9. The average molecular weight is 534 g/mol. The van der Waals surface area contributed by atoms with Crippen LogP contribution in [-0.2, 0) is 16.1 Å². The van der Waals surface area contributed by atoms with Crippen molar-refractivity contribution in [2.75, 3.05) is 34.4 Å². The van der Waals surface area contributed by atoms with Gasteiger partial charge in [-0.2, -0.15) is 0 Å². The van der Waals surface area contributed by atoms with Gasteiger partial charge in [0.1, 0.15) is 0 Å². The molecule has 38 heavy (non-hydrogen) atoms. The minimum absolute atomic E-state index is 0.0121. The predicted molar refractivity (Wildman–Crippen MR) is 155 cm³/mol. The summed E-state index contributed by atoms with van der Waals surface area (Å²) in [6.45, 7) is 7.42. The highest BCUT2D eigenvalue weighted by Crippen LogP contribution is 2.35. The molecule has 0 radical (unpaired) electrons. The number of benzene rings is 2. The van der Waals surface area contributed by atoms with E-state index >= 15 is 0 Å². The van der Waals surface area contributed by atoms with Crippen LogP contribution in [0.3, 0.4) is 0 Å². The maximum absolute atomic E-state index is 13.7. The summed E-state index contributed by atoms with van der Waals surface area (Å²) >= 11 is 6.70. The molecule has 3 aromatic rings. The molecule has 0 saturated heterocycles. The van der Waals surface area contributed by atoms with Gasteiger partial charge in [-0.05, 0) is 69.3 Å². The molecule has 4 rings (SSSR count). The Morgan fingerprint density at radius 1 is 1.16 bits per heavy atom. The van der Waals surface area contributed by atoms with Gasteiger partial charge in [0.25, 0.3) is 5.91 Å². The van der Waals surface area contributed by atoms with Crippen LogP contribution in [0.15, 0.2) is 65.4 Å². The molecule has 1 N–H and O–H groups in total. The van der Waals surface area contributed by atoms with Gasteiger partial charge in [-0.25, -0.2) is 0 Å². The van der Waals surface area contributed by atoms with Crippen molar-refractivity contribution < 1.29 is 14.3 Å². The molecule has 0 aliphatic heterocycles. The summed E-state index contributed by atoms with van der Waals surface area (Å²) in [6.07, 6.45) is 4.21. The third-order valence-corrected chi connectivity index (χ3v) is 7.07. The summed E-state index contributed by atoms with van der Waals surface area (Å²) in [5.41, 5.74) is 6.94. The largest absolute Gasteiger partial charge is 0.380 e. The van der Waals surface area contributed by atoms with Crippen LogP contribution in [-0.4, -0.2) is 55.5 Å². The first-order valence-corrected chi connectivity index (χ1v) is 13.2. The Hall–Kier alpha value is -3.19. The van der Waals surface area contributed by atoms with Gasteiger partial charge < -0.3 is 19.5 Å². The van der Waals surface area contributed by atoms with Crippen molar-refractivity contribution in [1.82, 2.24) is 14.8 Å². The molecule has 1 aliphatic rings. The van der Waals surface area contributed by atoms with Crippen molar-refractivity contribution in [2.24, 2.45) is 0 Å². The Balaban J connectivity index is 1.75.